The minimum atomic E-state index is -0.230. The Morgan fingerprint density at radius 2 is 1.65 bits per heavy atom. The molecule has 0 saturated heterocycles. The van der Waals surface area contributed by atoms with Crippen LogP contribution in [0.2, 0.25) is 0 Å². The van der Waals surface area contributed by atoms with Crippen molar-refractivity contribution in [3.63, 3.8) is 0 Å². The number of carbonyl (C=O) groups excluding carboxylic acids is 2. The Hall–Kier alpha value is -2.27. The van der Waals surface area contributed by atoms with Gasteiger partial charge in [-0.1, -0.05) is 32.0 Å². The number of nitrogens with one attached hydrogen (secondary N) is 2. The summed E-state index contributed by atoms with van der Waals surface area (Å²) in [5.41, 5.74) is 2.81. The average molecular weight is 371 g/mol. The predicted octanol–water partition coefficient (Wildman–Crippen LogP) is 5.28. The Morgan fingerprint density at radius 1 is 1.00 bits per heavy atom. The van der Waals surface area contributed by atoms with Gasteiger partial charge in [0.15, 0.2) is 0 Å². The Morgan fingerprint density at radius 3 is 2.27 bits per heavy atom. The molecule has 0 unspecified atom stereocenters. The van der Waals surface area contributed by atoms with Crippen molar-refractivity contribution in [2.45, 2.75) is 50.2 Å². The molecule has 0 aliphatic carbocycles. The highest BCUT2D eigenvalue weighted by Crippen LogP contribution is 2.29. The summed E-state index contributed by atoms with van der Waals surface area (Å²) in [7, 11) is 0. The van der Waals surface area contributed by atoms with Gasteiger partial charge in [0.05, 0.1) is 5.25 Å². The molecule has 2 aromatic carbocycles. The highest BCUT2D eigenvalue weighted by atomic mass is 32.2. The van der Waals surface area contributed by atoms with Crippen LogP contribution in [-0.4, -0.2) is 17.1 Å². The Labute approximate surface area is 159 Å². The Kier molecular flexibility index (Phi) is 7.27. The quantitative estimate of drug-likeness (QED) is 0.652. The van der Waals surface area contributed by atoms with Gasteiger partial charge in [0.25, 0.3) is 0 Å². The maximum absolute atomic E-state index is 12.6. The highest BCUT2D eigenvalue weighted by molar-refractivity contribution is 8.00. The molecule has 26 heavy (non-hydrogen) atoms. The van der Waals surface area contributed by atoms with Gasteiger partial charge in [0, 0.05) is 23.2 Å². The van der Waals surface area contributed by atoms with Crippen LogP contribution < -0.4 is 10.6 Å². The van der Waals surface area contributed by atoms with Gasteiger partial charge in [-0.05, 0) is 55.2 Å². The molecule has 0 radical (unpaired) electrons. The molecule has 0 aromatic heterocycles. The molecule has 0 heterocycles. The third kappa shape index (κ3) is 5.63. The van der Waals surface area contributed by atoms with E-state index in [1.165, 1.54) is 24.2 Å². The molecule has 0 bridgehead atoms. The van der Waals surface area contributed by atoms with E-state index in [-0.39, 0.29) is 17.1 Å². The number of hydrogen-bond acceptors (Lipinski definition) is 3. The molecule has 2 atom stereocenters. The summed E-state index contributed by atoms with van der Waals surface area (Å²) in [6.07, 6.45) is 1.03. The van der Waals surface area contributed by atoms with Gasteiger partial charge in [0.1, 0.15) is 0 Å². The Balaban J connectivity index is 2.01. The van der Waals surface area contributed by atoms with Crippen LogP contribution in [0.15, 0.2) is 53.4 Å². The fourth-order valence-corrected chi connectivity index (χ4v) is 3.44. The van der Waals surface area contributed by atoms with E-state index in [0.717, 1.165) is 22.7 Å². The van der Waals surface area contributed by atoms with Crippen molar-refractivity contribution in [1.82, 2.24) is 0 Å². The zero-order valence-corrected chi connectivity index (χ0v) is 16.5. The van der Waals surface area contributed by atoms with Crippen LogP contribution in [0.3, 0.4) is 0 Å². The number of para-hydroxylation sites is 1. The first kappa shape index (κ1) is 20.0. The van der Waals surface area contributed by atoms with E-state index in [4.69, 9.17) is 0 Å². The van der Waals surface area contributed by atoms with Crippen molar-refractivity contribution < 1.29 is 9.59 Å². The number of hydrogen-bond donors (Lipinski definition) is 2. The fraction of sp³-hybridized carbons (Fsp3) is 0.333. The maximum Gasteiger partial charge on any atom is 0.237 e. The van der Waals surface area contributed by atoms with E-state index in [1.807, 2.05) is 49.4 Å². The average Bonchev–Trinajstić information content (AvgIpc) is 2.62. The standard InChI is InChI=1S/C21H26N2O2S/c1-5-14(2)19-8-6-7-9-20(19)23-21(25)15(3)26-18-12-10-17(11-13-18)22-16(4)24/h6-15H,5H2,1-4H3,(H,22,24)(H,23,25)/t14-,15+/m0/s1. The zero-order chi connectivity index (χ0) is 19.1. The second-order valence-electron chi connectivity index (χ2n) is 6.35. The molecule has 0 aliphatic rings. The first-order valence-electron chi connectivity index (χ1n) is 8.84. The lowest BCUT2D eigenvalue weighted by Crippen LogP contribution is -2.23. The van der Waals surface area contributed by atoms with E-state index < -0.39 is 0 Å². The Bertz CT molecular complexity index is 759. The van der Waals surface area contributed by atoms with E-state index in [0.29, 0.717) is 5.92 Å². The minimum absolute atomic E-state index is 0.0170. The number of benzene rings is 2. The van der Waals surface area contributed by atoms with Crippen molar-refractivity contribution in [1.29, 1.82) is 0 Å². The lowest BCUT2D eigenvalue weighted by molar-refractivity contribution is -0.115. The third-order valence-electron chi connectivity index (χ3n) is 4.22. The molecule has 2 amide bonds. The normalized spacial score (nSPS) is 12.9. The second kappa shape index (κ2) is 9.43. The number of amides is 2. The van der Waals surface area contributed by atoms with Crippen LogP contribution in [0.1, 0.15) is 45.6 Å². The van der Waals surface area contributed by atoms with Crippen LogP contribution in [0, 0.1) is 0 Å². The van der Waals surface area contributed by atoms with Crippen molar-refractivity contribution in [3.05, 3.63) is 54.1 Å². The fourth-order valence-electron chi connectivity index (χ4n) is 2.57. The summed E-state index contributed by atoms with van der Waals surface area (Å²) in [6.45, 7) is 7.69. The lowest BCUT2D eigenvalue weighted by Gasteiger charge is -2.18. The van der Waals surface area contributed by atoms with E-state index in [1.54, 1.807) is 0 Å². The molecule has 0 spiro atoms. The lowest BCUT2D eigenvalue weighted by atomic mass is 9.97. The van der Waals surface area contributed by atoms with Gasteiger partial charge in [-0.15, -0.1) is 11.8 Å². The molecular formula is C21H26N2O2S. The molecular weight excluding hydrogens is 344 g/mol. The topological polar surface area (TPSA) is 58.2 Å². The molecule has 5 heteroatoms. The first-order valence-corrected chi connectivity index (χ1v) is 9.72. The van der Waals surface area contributed by atoms with Crippen LogP contribution in [0.4, 0.5) is 11.4 Å². The van der Waals surface area contributed by atoms with Crippen molar-refractivity contribution >= 4 is 35.0 Å². The molecule has 138 valence electrons. The van der Waals surface area contributed by atoms with Gasteiger partial charge in [-0.3, -0.25) is 9.59 Å². The number of carbonyl (C=O) groups is 2. The number of anilines is 2. The summed E-state index contributed by atoms with van der Waals surface area (Å²) >= 11 is 1.49. The van der Waals surface area contributed by atoms with Gasteiger partial charge < -0.3 is 10.6 Å². The summed E-state index contributed by atoms with van der Waals surface area (Å²) in [6, 6.07) is 15.5. The smallest absolute Gasteiger partial charge is 0.237 e. The van der Waals surface area contributed by atoms with E-state index in [9.17, 15) is 9.59 Å². The number of rotatable bonds is 7. The molecule has 0 saturated carbocycles. The van der Waals surface area contributed by atoms with Crippen molar-refractivity contribution in [2.75, 3.05) is 10.6 Å². The summed E-state index contributed by atoms with van der Waals surface area (Å²) in [5, 5.41) is 5.57. The maximum atomic E-state index is 12.6. The van der Waals surface area contributed by atoms with Crippen LogP contribution >= 0.6 is 11.8 Å². The highest BCUT2D eigenvalue weighted by Gasteiger charge is 2.17. The zero-order valence-electron chi connectivity index (χ0n) is 15.7. The van der Waals surface area contributed by atoms with Gasteiger partial charge in [-0.25, -0.2) is 0 Å². The van der Waals surface area contributed by atoms with Crippen LogP contribution in [0.5, 0.6) is 0 Å². The van der Waals surface area contributed by atoms with Gasteiger partial charge >= 0.3 is 0 Å². The molecule has 2 N–H and O–H groups in total. The summed E-state index contributed by atoms with van der Waals surface area (Å²) in [5.74, 6) is 0.283. The second-order valence-corrected chi connectivity index (χ2v) is 7.77. The summed E-state index contributed by atoms with van der Waals surface area (Å²) < 4.78 is 0. The predicted molar refractivity (Wildman–Crippen MR) is 110 cm³/mol. The third-order valence-corrected chi connectivity index (χ3v) is 5.33. The molecule has 2 aromatic rings. The van der Waals surface area contributed by atoms with Gasteiger partial charge in [-0.2, -0.15) is 0 Å². The van der Waals surface area contributed by atoms with E-state index in [2.05, 4.69) is 30.5 Å². The minimum Gasteiger partial charge on any atom is -0.326 e. The molecule has 4 nitrogen and oxygen atoms in total. The molecule has 0 aliphatic heterocycles. The van der Waals surface area contributed by atoms with E-state index >= 15 is 0 Å². The molecule has 0 fully saturated rings. The largest absolute Gasteiger partial charge is 0.326 e. The monoisotopic (exact) mass is 370 g/mol. The first-order chi connectivity index (χ1) is 12.4. The van der Waals surface area contributed by atoms with Crippen LogP contribution in [-0.2, 0) is 9.59 Å². The van der Waals surface area contributed by atoms with Crippen LogP contribution in [0.25, 0.3) is 0 Å². The van der Waals surface area contributed by atoms with Crippen molar-refractivity contribution in [2.24, 2.45) is 0 Å². The number of thioether (sulfide) groups is 1. The molecule has 2 rings (SSSR count). The van der Waals surface area contributed by atoms with Crippen molar-refractivity contribution in [3.8, 4) is 0 Å². The summed E-state index contributed by atoms with van der Waals surface area (Å²) in [4.78, 5) is 24.7. The van der Waals surface area contributed by atoms with Gasteiger partial charge in [0.2, 0.25) is 11.8 Å². The SMILES string of the molecule is CC[C@H](C)c1ccccc1NC(=O)[C@@H](C)Sc1ccc(NC(C)=O)cc1.